The molecule has 1 rings (SSSR count). The second kappa shape index (κ2) is 7.27. The van der Waals surface area contributed by atoms with Gasteiger partial charge >= 0.3 is 0 Å². The Kier molecular flexibility index (Phi) is 6.31. The molecule has 0 aromatic rings. The van der Waals surface area contributed by atoms with E-state index in [1.165, 1.54) is 45.1 Å². The molecule has 2 unspecified atom stereocenters. The molecule has 0 bridgehead atoms. The van der Waals surface area contributed by atoms with E-state index in [9.17, 15) is 0 Å². The molecular weight excluding hydrogens is 182 g/mol. The summed E-state index contributed by atoms with van der Waals surface area (Å²) in [6, 6.07) is 0. The summed E-state index contributed by atoms with van der Waals surface area (Å²) in [7, 11) is 0. The van der Waals surface area contributed by atoms with E-state index in [0.29, 0.717) is 0 Å². The summed E-state index contributed by atoms with van der Waals surface area (Å²) >= 11 is 0. The van der Waals surface area contributed by atoms with E-state index in [2.05, 4.69) is 26.1 Å². The van der Waals surface area contributed by atoms with Gasteiger partial charge in [0.05, 0.1) is 0 Å². The molecule has 1 nitrogen and oxygen atoms in total. The Bertz CT molecular complexity index is 149. The van der Waals surface area contributed by atoms with Crippen molar-refractivity contribution in [3.05, 3.63) is 0 Å². The van der Waals surface area contributed by atoms with Crippen molar-refractivity contribution in [1.82, 2.24) is 5.32 Å². The van der Waals surface area contributed by atoms with Gasteiger partial charge in [-0.25, -0.2) is 0 Å². The van der Waals surface area contributed by atoms with Crippen LogP contribution in [0.1, 0.15) is 59.3 Å². The maximum Gasteiger partial charge on any atom is -0.00207 e. The third-order valence-electron chi connectivity index (χ3n) is 4.12. The van der Waals surface area contributed by atoms with Gasteiger partial charge < -0.3 is 5.32 Å². The molecule has 1 heteroatoms. The fourth-order valence-corrected chi connectivity index (χ4v) is 2.75. The fraction of sp³-hybridized carbons (Fsp3) is 1.00. The Hall–Kier alpha value is -0.0400. The molecule has 15 heavy (non-hydrogen) atoms. The molecule has 0 aromatic heterocycles. The van der Waals surface area contributed by atoms with Crippen molar-refractivity contribution in [3.8, 4) is 0 Å². The topological polar surface area (TPSA) is 12.0 Å². The minimum atomic E-state index is 0.840. The van der Waals surface area contributed by atoms with Gasteiger partial charge in [0.1, 0.15) is 0 Å². The second-order valence-corrected chi connectivity index (χ2v) is 5.50. The normalized spacial score (nSPS) is 22.6. The number of rotatable bonds is 6. The first-order valence-corrected chi connectivity index (χ1v) is 6.94. The smallest absolute Gasteiger partial charge is 0.00207 e. The quantitative estimate of drug-likeness (QED) is 0.704. The zero-order valence-electron chi connectivity index (χ0n) is 10.9. The van der Waals surface area contributed by atoms with Crippen LogP contribution in [0.5, 0.6) is 0 Å². The molecule has 0 saturated heterocycles. The Balaban J connectivity index is 2.17. The highest BCUT2D eigenvalue weighted by molar-refractivity contribution is 4.72. The summed E-state index contributed by atoms with van der Waals surface area (Å²) in [6.07, 6.45) is 8.92. The summed E-state index contributed by atoms with van der Waals surface area (Å²) < 4.78 is 0. The third kappa shape index (κ3) is 5.01. The van der Waals surface area contributed by atoms with Gasteiger partial charge in [0.25, 0.3) is 0 Å². The first kappa shape index (κ1) is 13.0. The Morgan fingerprint density at radius 3 is 2.33 bits per heavy atom. The van der Waals surface area contributed by atoms with Crippen LogP contribution < -0.4 is 5.32 Å². The van der Waals surface area contributed by atoms with Gasteiger partial charge in [-0.1, -0.05) is 52.9 Å². The van der Waals surface area contributed by atoms with Crippen LogP contribution in [-0.2, 0) is 0 Å². The summed E-state index contributed by atoms with van der Waals surface area (Å²) in [6.45, 7) is 9.34. The van der Waals surface area contributed by atoms with Crippen LogP contribution in [0, 0.1) is 17.8 Å². The average molecular weight is 211 g/mol. The first-order valence-electron chi connectivity index (χ1n) is 6.94. The van der Waals surface area contributed by atoms with Crippen LogP contribution in [0.15, 0.2) is 0 Å². The van der Waals surface area contributed by atoms with E-state index in [4.69, 9.17) is 0 Å². The molecule has 1 N–H and O–H groups in total. The molecule has 1 aliphatic rings. The molecule has 0 spiro atoms. The monoisotopic (exact) mass is 211 g/mol. The SMILES string of the molecule is CCNCC(C)C(C)CC1CCCCC1. The Morgan fingerprint density at radius 1 is 1.07 bits per heavy atom. The molecule has 0 aliphatic heterocycles. The lowest BCUT2D eigenvalue weighted by molar-refractivity contribution is 0.249. The molecule has 90 valence electrons. The van der Waals surface area contributed by atoms with E-state index < -0.39 is 0 Å². The first-order chi connectivity index (χ1) is 7.24. The molecule has 0 heterocycles. The molecule has 0 aromatic carbocycles. The predicted molar refractivity (Wildman–Crippen MR) is 68.1 cm³/mol. The lowest BCUT2D eigenvalue weighted by Gasteiger charge is -2.28. The van der Waals surface area contributed by atoms with Crippen molar-refractivity contribution in [2.24, 2.45) is 17.8 Å². The van der Waals surface area contributed by atoms with Crippen LogP contribution in [-0.4, -0.2) is 13.1 Å². The zero-order chi connectivity index (χ0) is 11.1. The van der Waals surface area contributed by atoms with Crippen molar-refractivity contribution in [2.45, 2.75) is 59.3 Å². The number of hydrogen-bond donors (Lipinski definition) is 1. The van der Waals surface area contributed by atoms with Crippen molar-refractivity contribution < 1.29 is 0 Å². The van der Waals surface area contributed by atoms with E-state index in [0.717, 1.165) is 24.3 Å². The molecule has 1 aliphatic carbocycles. The largest absolute Gasteiger partial charge is 0.317 e. The van der Waals surface area contributed by atoms with Crippen LogP contribution >= 0.6 is 0 Å². The van der Waals surface area contributed by atoms with Crippen LogP contribution in [0.2, 0.25) is 0 Å². The van der Waals surface area contributed by atoms with E-state index in [-0.39, 0.29) is 0 Å². The van der Waals surface area contributed by atoms with Crippen molar-refractivity contribution in [1.29, 1.82) is 0 Å². The zero-order valence-corrected chi connectivity index (χ0v) is 10.9. The van der Waals surface area contributed by atoms with Gasteiger partial charge in [-0.15, -0.1) is 0 Å². The molecular formula is C14H29N. The van der Waals surface area contributed by atoms with Gasteiger partial charge in [0, 0.05) is 0 Å². The van der Waals surface area contributed by atoms with E-state index in [1.54, 1.807) is 0 Å². The highest BCUT2D eigenvalue weighted by Crippen LogP contribution is 2.31. The molecule has 1 saturated carbocycles. The van der Waals surface area contributed by atoms with Crippen LogP contribution in [0.25, 0.3) is 0 Å². The van der Waals surface area contributed by atoms with Crippen LogP contribution in [0.4, 0.5) is 0 Å². The van der Waals surface area contributed by atoms with Gasteiger partial charge in [0.15, 0.2) is 0 Å². The molecule has 2 atom stereocenters. The summed E-state index contributed by atoms with van der Waals surface area (Å²) in [5.74, 6) is 2.77. The molecule has 1 fully saturated rings. The molecule has 0 radical (unpaired) electrons. The lowest BCUT2D eigenvalue weighted by Crippen LogP contribution is -2.26. The maximum atomic E-state index is 3.47. The number of hydrogen-bond acceptors (Lipinski definition) is 1. The lowest BCUT2D eigenvalue weighted by atomic mass is 9.79. The maximum absolute atomic E-state index is 3.47. The fourth-order valence-electron chi connectivity index (χ4n) is 2.75. The Labute approximate surface area is 96.0 Å². The van der Waals surface area contributed by atoms with Gasteiger partial charge in [0.2, 0.25) is 0 Å². The van der Waals surface area contributed by atoms with Gasteiger partial charge in [-0.2, -0.15) is 0 Å². The number of nitrogens with one attached hydrogen (secondary N) is 1. The summed E-state index contributed by atoms with van der Waals surface area (Å²) in [5.41, 5.74) is 0. The Morgan fingerprint density at radius 2 is 1.73 bits per heavy atom. The van der Waals surface area contributed by atoms with Crippen molar-refractivity contribution in [3.63, 3.8) is 0 Å². The third-order valence-corrected chi connectivity index (χ3v) is 4.12. The predicted octanol–water partition coefficient (Wildman–Crippen LogP) is 3.84. The minimum absolute atomic E-state index is 0.840. The summed E-state index contributed by atoms with van der Waals surface area (Å²) in [4.78, 5) is 0. The second-order valence-electron chi connectivity index (χ2n) is 5.50. The van der Waals surface area contributed by atoms with E-state index >= 15 is 0 Å². The van der Waals surface area contributed by atoms with Crippen molar-refractivity contribution in [2.75, 3.05) is 13.1 Å². The summed E-state index contributed by atoms with van der Waals surface area (Å²) in [5, 5.41) is 3.47. The standard InChI is InChI=1S/C14H29N/c1-4-15-11-13(3)12(2)10-14-8-6-5-7-9-14/h12-15H,4-11H2,1-3H3. The average Bonchev–Trinajstić information content (AvgIpc) is 2.27. The highest BCUT2D eigenvalue weighted by Gasteiger charge is 2.19. The van der Waals surface area contributed by atoms with Gasteiger partial charge in [-0.3, -0.25) is 0 Å². The highest BCUT2D eigenvalue weighted by atomic mass is 14.8. The van der Waals surface area contributed by atoms with E-state index in [1.807, 2.05) is 0 Å². The van der Waals surface area contributed by atoms with Gasteiger partial charge in [-0.05, 0) is 37.3 Å². The minimum Gasteiger partial charge on any atom is -0.317 e. The van der Waals surface area contributed by atoms with Crippen LogP contribution in [0.3, 0.4) is 0 Å². The molecule has 0 amide bonds. The van der Waals surface area contributed by atoms with Crippen molar-refractivity contribution >= 4 is 0 Å².